The number of amides is 1. The standard InChI is InChI=1S/C19H24N2O/c1-13(2)17-7-5-6-15(4)19(17)20-12-18(22)21-16-10-8-14(3)9-11-16/h5-11,13,20H,12H2,1-4H3,(H,21,22). The van der Waals surface area contributed by atoms with E-state index >= 15 is 0 Å². The summed E-state index contributed by atoms with van der Waals surface area (Å²) in [5.74, 6) is 0.379. The van der Waals surface area contributed by atoms with Crippen LogP contribution in [0.25, 0.3) is 0 Å². The molecule has 0 aliphatic heterocycles. The molecule has 116 valence electrons. The Morgan fingerprint density at radius 3 is 2.36 bits per heavy atom. The van der Waals surface area contributed by atoms with Crippen LogP contribution in [0.4, 0.5) is 11.4 Å². The first-order valence-corrected chi connectivity index (χ1v) is 7.67. The number of aryl methyl sites for hydroxylation is 2. The molecule has 0 radical (unpaired) electrons. The van der Waals surface area contributed by atoms with Crippen LogP contribution in [-0.4, -0.2) is 12.5 Å². The van der Waals surface area contributed by atoms with E-state index in [-0.39, 0.29) is 12.5 Å². The SMILES string of the molecule is Cc1ccc(NC(=O)CNc2c(C)cccc2C(C)C)cc1. The molecule has 2 aromatic carbocycles. The summed E-state index contributed by atoms with van der Waals surface area (Å²) in [6.45, 7) is 8.67. The average molecular weight is 296 g/mol. The van der Waals surface area contributed by atoms with Gasteiger partial charge in [-0.05, 0) is 43.0 Å². The highest BCUT2D eigenvalue weighted by molar-refractivity contribution is 5.94. The van der Waals surface area contributed by atoms with Crippen LogP contribution in [0.3, 0.4) is 0 Å². The maximum absolute atomic E-state index is 12.1. The van der Waals surface area contributed by atoms with E-state index in [0.717, 1.165) is 16.9 Å². The molecule has 0 aromatic heterocycles. The number of para-hydroxylation sites is 1. The van der Waals surface area contributed by atoms with E-state index in [0.29, 0.717) is 5.92 Å². The van der Waals surface area contributed by atoms with Crippen molar-refractivity contribution in [3.8, 4) is 0 Å². The number of carbonyl (C=O) groups excluding carboxylic acids is 1. The van der Waals surface area contributed by atoms with Crippen molar-refractivity contribution in [3.63, 3.8) is 0 Å². The molecule has 0 unspecified atom stereocenters. The summed E-state index contributed by atoms with van der Waals surface area (Å²) in [5, 5.41) is 6.19. The molecule has 0 bridgehead atoms. The molecular formula is C19H24N2O. The molecule has 0 fully saturated rings. The Bertz CT molecular complexity index is 645. The number of anilines is 2. The van der Waals surface area contributed by atoms with Gasteiger partial charge in [0.05, 0.1) is 6.54 Å². The first kappa shape index (κ1) is 16.1. The van der Waals surface area contributed by atoms with Gasteiger partial charge in [-0.2, -0.15) is 0 Å². The Kier molecular flexibility index (Phi) is 5.21. The molecule has 3 nitrogen and oxygen atoms in total. The Balaban J connectivity index is 2.01. The molecule has 2 aromatic rings. The van der Waals surface area contributed by atoms with Gasteiger partial charge in [0.1, 0.15) is 0 Å². The van der Waals surface area contributed by atoms with Crippen LogP contribution in [0.15, 0.2) is 42.5 Å². The van der Waals surface area contributed by atoms with Gasteiger partial charge in [0, 0.05) is 11.4 Å². The lowest BCUT2D eigenvalue weighted by molar-refractivity contribution is -0.114. The Labute approximate surface area is 132 Å². The van der Waals surface area contributed by atoms with Crippen molar-refractivity contribution in [2.24, 2.45) is 0 Å². The lowest BCUT2D eigenvalue weighted by Crippen LogP contribution is -2.22. The topological polar surface area (TPSA) is 41.1 Å². The third-order valence-electron chi connectivity index (χ3n) is 3.69. The summed E-state index contributed by atoms with van der Waals surface area (Å²) in [5.41, 5.74) is 5.47. The minimum atomic E-state index is -0.0400. The molecule has 2 N–H and O–H groups in total. The number of hydrogen-bond acceptors (Lipinski definition) is 2. The minimum absolute atomic E-state index is 0.0400. The Hall–Kier alpha value is -2.29. The zero-order valence-corrected chi connectivity index (χ0v) is 13.7. The summed E-state index contributed by atoms with van der Waals surface area (Å²) in [4.78, 5) is 12.1. The van der Waals surface area contributed by atoms with Crippen molar-refractivity contribution in [1.82, 2.24) is 0 Å². The molecular weight excluding hydrogens is 272 g/mol. The van der Waals surface area contributed by atoms with Crippen molar-refractivity contribution in [2.45, 2.75) is 33.6 Å². The second-order valence-electron chi connectivity index (χ2n) is 5.96. The third kappa shape index (κ3) is 4.10. The lowest BCUT2D eigenvalue weighted by atomic mass is 9.98. The molecule has 2 rings (SSSR count). The lowest BCUT2D eigenvalue weighted by Gasteiger charge is -2.17. The van der Waals surface area contributed by atoms with Gasteiger partial charge in [0.2, 0.25) is 5.91 Å². The summed E-state index contributed by atoms with van der Waals surface area (Å²) in [7, 11) is 0. The highest BCUT2D eigenvalue weighted by Crippen LogP contribution is 2.27. The van der Waals surface area contributed by atoms with Crippen molar-refractivity contribution >= 4 is 17.3 Å². The molecule has 0 saturated carbocycles. The van der Waals surface area contributed by atoms with Crippen molar-refractivity contribution in [2.75, 3.05) is 17.2 Å². The quantitative estimate of drug-likeness (QED) is 0.854. The van der Waals surface area contributed by atoms with E-state index in [1.807, 2.05) is 31.2 Å². The van der Waals surface area contributed by atoms with Crippen LogP contribution in [0.5, 0.6) is 0 Å². The normalized spacial score (nSPS) is 10.6. The largest absolute Gasteiger partial charge is 0.376 e. The average Bonchev–Trinajstić information content (AvgIpc) is 2.48. The van der Waals surface area contributed by atoms with Gasteiger partial charge in [-0.25, -0.2) is 0 Å². The van der Waals surface area contributed by atoms with Crippen molar-refractivity contribution in [1.29, 1.82) is 0 Å². The molecule has 0 spiro atoms. The first-order chi connectivity index (χ1) is 10.5. The van der Waals surface area contributed by atoms with Gasteiger partial charge < -0.3 is 10.6 Å². The minimum Gasteiger partial charge on any atom is -0.376 e. The fourth-order valence-corrected chi connectivity index (χ4v) is 2.42. The number of benzene rings is 2. The van der Waals surface area contributed by atoms with E-state index in [4.69, 9.17) is 0 Å². The van der Waals surface area contributed by atoms with Gasteiger partial charge in [-0.3, -0.25) is 4.79 Å². The van der Waals surface area contributed by atoms with E-state index in [1.165, 1.54) is 11.1 Å². The van der Waals surface area contributed by atoms with Gasteiger partial charge in [-0.1, -0.05) is 49.7 Å². The van der Waals surface area contributed by atoms with Crippen LogP contribution < -0.4 is 10.6 Å². The molecule has 0 aliphatic carbocycles. The number of nitrogens with one attached hydrogen (secondary N) is 2. The zero-order chi connectivity index (χ0) is 16.1. The second kappa shape index (κ2) is 7.12. The van der Waals surface area contributed by atoms with E-state index < -0.39 is 0 Å². The predicted octanol–water partition coefficient (Wildman–Crippen LogP) is 4.48. The monoisotopic (exact) mass is 296 g/mol. The molecule has 0 saturated heterocycles. The number of rotatable bonds is 5. The second-order valence-corrected chi connectivity index (χ2v) is 5.96. The maximum Gasteiger partial charge on any atom is 0.243 e. The summed E-state index contributed by atoms with van der Waals surface area (Å²) < 4.78 is 0. The molecule has 3 heteroatoms. The van der Waals surface area contributed by atoms with Gasteiger partial charge in [-0.15, -0.1) is 0 Å². The smallest absolute Gasteiger partial charge is 0.243 e. The fraction of sp³-hybridized carbons (Fsp3) is 0.316. The summed E-state index contributed by atoms with van der Waals surface area (Å²) in [6.07, 6.45) is 0. The molecule has 1 amide bonds. The highest BCUT2D eigenvalue weighted by Gasteiger charge is 2.10. The molecule has 0 atom stereocenters. The highest BCUT2D eigenvalue weighted by atomic mass is 16.1. The molecule has 0 aliphatic rings. The van der Waals surface area contributed by atoms with E-state index in [1.54, 1.807) is 0 Å². The van der Waals surface area contributed by atoms with Gasteiger partial charge in [0.15, 0.2) is 0 Å². The maximum atomic E-state index is 12.1. The van der Waals surface area contributed by atoms with E-state index in [9.17, 15) is 4.79 Å². The molecule has 22 heavy (non-hydrogen) atoms. The Morgan fingerprint density at radius 1 is 1.05 bits per heavy atom. The van der Waals surface area contributed by atoms with Crippen molar-refractivity contribution < 1.29 is 4.79 Å². The number of carbonyl (C=O) groups is 1. The van der Waals surface area contributed by atoms with Crippen LogP contribution in [0.1, 0.15) is 36.5 Å². The first-order valence-electron chi connectivity index (χ1n) is 7.67. The summed E-state index contributed by atoms with van der Waals surface area (Å²) in [6, 6.07) is 14.0. The third-order valence-corrected chi connectivity index (χ3v) is 3.69. The van der Waals surface area contributed by atoms with Crippen LogP contribution in [-0.2, 0) is 4.79 Å². The van der Waals surface area contributed by atoms with Crippen molar-refractivity contribution in [3.05, 3.63) is 59.2 Å². The van der Waals surface area contributed by atoms with Crippen LogP contribution >= 0.6 is 0 Å². The predicted molar refractivity (Wildman–Crippen MR) is 93.6 cm³/mol. The van der Waals surface area contributed by atoms with Gasteiger partial charge >= 0.3 is 0 Å². The van der Waals surface area contributed by atoms with E-state index in [2.05, 4.69) is 49.6 Å². The Morgan fingerprint density at radius 2 is 1.73 bits per heavy atom. The van der Waals surface area contributed by atoms with Crippen LogP contribution in [0.2, 0.25) is 0 Å². The fourth-order valence-electron chi connectivity index (χ4n) is 2.42. The number of hydrogen-bond donors (Lipinski definition) is 2. The molecule has 0 heterocycles. The summed E-state index contributed by atoms with van der Waals surface area (Å²) >= 11 is 0. The zero-order valence-electron chi connectivity index (χ0n) is 13.7. The van der Waals surface area contributed by atoms with Crippen LogP contribution in [0, 0.1) is 13.8 Å². The van der Waals surface area contributed by atoms with Gasteiger partial charge in [0.25, 0.3) is 0 Å².